The van der Waals surface area contributed by atoms with Crippen LogP contribution >= 0.6 is 23.2 Å². The number of esters is 1. The van der Waals surface area contributed by atoms with E-state index >= 15 is 0 Å². The highest BCUT2D eigenvalue weighted by molar-refractivity contribution is 6.34. The topological polar surface area (TPSA) is 44.1 Å². The predicted octanol–water partition coefficient (Wildman–Crippen LogP) is 9.04. The summed E-state index contributed by atoms with van der Waals surface area (Å²) in [6, 6.07) is 30.6. The van der Waals surface area contributed by atoms with Crippen LogP contribution < -0.4 is 0 Å². The Bertz CT molecular complexity index is 1680. The van der Waals surface area contributed by atoms with Gasteiger partial charge in [-0.3, -0.25) is 0 Å². The molecular formula is C33H28Cl2N2O2. The van der Waals surface area contributed by atoms with Gasteiger partial charge in [0.05, 0.1) is 26.6 Å². The number of aromatic nitrogens is 2. The summed E-state index contributed by atoms with van der Waals surface area (Å²) < 4.78 is 8.06. The molecule has 4 nitrogen and oxygen atoms in total. The van der Waals surface area contributed by atoms with Crippen LogP contribution in [0.25, 0.3) is 22.9 Å². The lowest BCUT2D eigenvalue weighted by Crippen LogP contribution is -2.11. The molecule has 0 bridgehead atoms. The maximum absolute atomic E-state index is 13.2. The molecule has 1 heterocycles. The number of carbonyl (C=O) groups is 1. The van der Waals surface area contributed by atoms with E-state index in [0.29, 0.717) is 28.0 Å². The summed E-state index contributed by atoms with van der Waals surface area (Å²) in [6.07, 6.45) is 1.76. The molecule has 1 aromatic heterocycles. The van der Waals surface area contributed by atoms with Gasteiger partial charge in [-0.1, -0.05) is 105 Å². The minimum Gasteiger partial charge on any atom is -0.422 e. The molecule has 0 saturated carbocycles. The van der Waals surface area contributed by atoms with Crippen LogP contribution in [-0.4, -0.2) is 15.5 Å². The van der Waals surface area contributed by atoms with Gasteiger partial charge in [-0.05, 0) is 52.9 Å². The molecule has 0 fully saturated rings. The van der Waals surface area contributed by atoms with Crippen LogP contribution in [0.4, 0.5) is 0 Å². The highest BCUT2D eigenvalue weighted by atomic mass is 35.5. The Morgan fingerprint density at radius 3 is 2.05 bits per heavy atom. The lowest BCUT2D eigenvalue weighted by atomic mass is 9.87. The Morgan fingerprint density at radius 1 is 0.821 bits per heavy atom. The first-order chi connectivity index (χ1) is 18.7. The van der Waals surface area contributed by atoms with Gasteiger partial charge in [0.1, 0.15) is 11.6 Å². The molecule has 5 aromatic rings. The van der Waals surface area contributed by atoms with E-state index in [2.05, 4.69) is 49.6 Å². The molecule has 0 aliphatic rings. The second kappa shape index (κ2) is 11.1. The Hall–Kier alpha value is -3.86. The molecule has 5 rings (SSSR count). The Morgan fingerprint density at radius 2 is 1.41 bits per heavy atom. The molecule has 196 valence electrons. The highest BCUT2D eigenvalue weighted by Crippen LogP contribution is 2.30. The summed E-state index contributed by atoms with van der Waals surface area (Å²) in [4.78, 5) is 18.1. The summed E-state index contributed by atoms with van der Waals surface area (Å²) >= 11 is 12.8. The SMILES string of the molecule is CC(C)(C)c1ccc(Cn2c(/C=C(\OC(=O)c3ccccc3Cl)c3ccccc3Cl)nc3ccccc32)cc1. The van der Waals surface area contributed by atoms with Gasteiger partial charge in [0.2, 0.25) is 0 Å². The number of ether oxygens (including phenoxy) is 1. The fourth-order valence-electron chi connectivity index (χ4n) is 4.39. The molecule has 0 aliphatic carbocycles. The number of imidazole rings is 1. The van der Waals surface area contributed by atoms with Crippen molar-refractivity contribution in [2.75, 3.05) is 0 Å². The van der Waals surface area contributed by atoms with Gasteiger partial charge in [-0.2, -0.15) is 0 Å². The summed E-state index contributed by atoms with van der Waals surface area (Å²) in [7, 11) is 0. The van der Waals surface area contributed by atoms with Crippen molar-refractivity contribution >= 4 is 52.0 Å². The fraction of sp³-hybridized carbons (Fsp3) is 0.152. The molecule has 0 N–H and O–H groups in total. The van der Waals surface area contributed by atoms with Crippen LogP contribution in [0.3, 0.4) is 0 Å². The number of nitrogens with zero attached hydrogens (tertiary/aromatic N) is 2. The van der Waals surface area contributed by atoms with Crippen LogP contribution in [0.15, 0.2) is 97.1 Å². The smallest absolute Gasteiger partial charge is 0.345 e. The fourth-order valence-corrected chi connectivity index (χ4v) is 4.83. The van der Waals surface area contributed by atoms with Gasteiger partial charge in [0.25, 0.3) is 0 Å². The second-order valence-corrected chi connectivity index (χ2v) is 11.2. The predicted molar refractivity (Wildman–Crippen MR) is 160 cm³/mol. The average Bonchev–Trinajstić information content (AvgIpc) is 3.25. The molecule has 6 heteroatoms. The zero-order valence-corrected chi connectivity index (χ0v) is 23.5. The number of hydrogen-bond donors (Lipinski definition) is 0. The van der Waals surface area contributed by atoms with Crippen LogP contribution in [0.2, 0.25) is 10.0 Å². The number of benzene rings is 4. The highest BCUT2D eigenvalue weighted by Gasteiger charge is 2.19. The van der Waals surface area contributed by atoms with Crippen molar-refractivity contribution in [2.45, 2.75) is 32.7 Å². The molecule has 0 radical (unpaired) electrons. The van der Waals surface area contributed by atoms with E-state index in [0.717, 1.165) is 16.6 Å². The summed E-state index contributed by atoms with van der Waals surface area (Å²) in [5.74, 6) is 0.343. The van der Waals surface area contributed by atoms with Crippen LogP contribution in [0.1, 0.15) is 53.6 Å². The van der Waals surface area contributed by atoms with Crippen molar-refractivity contribution in [1.82, 2.24) is 9.55 Å². The molecule has 0 saturated heterocycles. The molecule has 0 atom stereocenters. The Labute approximate surface area is 238 Å². The van der Waals surface area contributed by atoms with E-state index in [4.69, 9.17) is 32.9 Å². The van der Waals surface area contributed by atoms with Crippen molar-refractivity contribution in [2.24, 2.45) is 0 Å². The zero-order chi connectivity index (χ0) is 27.6. The van der Waals surface area contributed by atoms with E-state index in [9.17, 15) is 4.79 Å². The van der Waals surface area contributed by atoms with Crippen molar-refractivity contribution < 1.29 is 9.53 Å². The Kier molecular flexibility index (Phi) is 7.60. The van der Waals surface area contributed by atoms with E-state index in [1.165, 1.54) is 5.56 Å². The minimum atomic E-state index is -0.577. The first-order valence-electron chi connectivity index (χ1n) is 12.7. The largest absolute Gasteiger partial charge is 0.422 e. The van der Waals surface area contributed by atoms with Crippen molar-refractivity contribution in [1.29, 1.82) is 0 Å². The van der Waals surface area contributed by atoms with E-state index in [1.54, 1.807) is 36.4 Å². The van der Waals surface area contributed by atoms with Crippen molar-refractivity contribution in [3.05, 3.63) is 135 Å². The van der Waals surface area contributed by atoms with Crippen LogP contribution in [-0.2, 0) is 16.7 Å². The quantitative estimate of drug-likeness (QED) is 0.155. The van der Waals surface area contributed by atoms with E-state index in [-0.39, 0.29) is 16.7 Å². The van der Waals surface area contributed by atoms with E-state index in [1.807, 2.05) is 42.5 Å². The normalized spacial score (nSPS) is 12.1. The van der Waals surface area contributed by atoms with Gasteiger partial charge < -0.3 is 9.30 Å². The molecule has 0 spiro atoms. The minimum absolute atomic E-state index is 0.0729. The van der Waals surface area contributed by atoms with Gasteiger partial charge in [0.15, 0.2) is 0 Å². The van der Waals surface area contributed by atoms with Crippen molar-refractivity contribution in [3.8, 4) is 0 Å². The maximum Gasteiger partial charge on any atom is 0.345 e. The lowest BCUT2D eigenvalue weighted by molar-refractivity contribution is 0.0694. The Balaban J connectivity index is 1.60. The number of para-hydroxylation sites is 2. The summed E-state index contributed by atoms with van der Waals surface area (Å²) in [5, 5.41) is 0.767. The molecule has 0 aliphatic heterocycles. The number of halogens is 2. The van der Waals surface area contributed by atoms with Crippen LogP contribution in [0.5, 0.6) is 0 Å². The maximum atomic E-state index is 13.2. The van der Waals surface area contributed by atoms with Crippen LogP contribution in [0, 0.1) is 0 Å². The lowest BCUT2D eigenvalue weighted by Gasteiger charge is -2.19. The third kappa shape index (κ3) is 5.93. The van der Waals surface area contributed by atoms with Gasteiger partial charge >= 0.3 is 5.97 Å². The second-order valence-electron chi connectivity index (χ2n) is 10.3. The number of fused-ring (bicyclic) bond motifs is 1. The monoisotopic (exact) mass is 554 g/mol. The standard InChI is InChI=1S/C33H28Cl2N2O2/c1-33(2,3)23-18-16-22(17-19-23)21-37-29-15-9-8-14-28(29)36-31(37)20-30(24-10-4-6-12-26(24)34)39-32(38)25-11-5-7-13-27(25)35/h4-20H,21H2,1-3H3/b30-20-. The number of carbonyl (C=O) groups excluding carboxylic acids is 1. The third-order valence-electron chi connectivity index (χ3n) is 6.54. The van der Waals surface area contributed by atoms with Gasteiger partial charge in [0, 0.05) is 18.2 Å². The molecule has 0 unspecified atom stereocenters. The van der Waals surface area contributed by atoms with Crippen molar-refractivity contribution in [3.63, 3.8) is 0 Å². The van der Waals surface area contributed by atoms with E-state index < -0.39 is 5.97 Å². The van der Waals surface area contributed by atoms with Gasteiger partial charge in [-0.15, -0.1) is 0 Å². The molecule has 4 aromatic carbocycles. The zero-order valence-electron chi connectivity index (χ0n) is 22.0. The van der Waals surface area contributed by atoms with Gasteiger partial charge in [-0.25, -0.2) is 9.78 Å². The third-order valence-corrected chi connectivity index (χ3v) is 7.20. The summed E-state index contributed by atoms with van der Waals surface area (Å²) in [5.41, 5.74) is 5.13. The molecule has 39 heavy (non-hydrogen) atoms. The molecular weight excluding hydrogens is 527 g/mol. The first-order valence-corrected chi connectivity index (χ1v) is 13.4. The number of hydrogen-bond acceptors (Lipinski definition) is 3. The average molecular weight is 556 g/mol. The first kappa shape index (κ1) is 26.7. The summed E-state index contributed by atoms with van der Waals surface area (Å²) in [6.45, 7) is 7.20. The number of rotatable bonds is 6. The molecule has 0 amide bonds.